The van der Waals surface area contributed by atoms with Crippen molar-refractivity contribution in [3.63, 3.8) is 0 Å². The van der Waals surface area contributed by atoms with E-state index in [9.17, 15) is 12.9 Å². The van der Waals surface area contributed by atoms with Gasteiger partial charge in [-0.3, -0.25) is 0 Å². The fourth-order valence-electron chi connectivity index (χ4n) is 0.842. The Morgan fingerprint density at radius 3 is 2.23 bits per heavy atom. The van der Waals surface area contributed by atoms with Crippen LogP contribution in [0.2, 0.25) is 5.15 Å². The van der Waals surface area contributed by atoms with E-state index in [1.165, 1.54) is 6.92 Å². The summed E-state index contributed by atoms with van der Waals surface area (Å²) < 4.78 is 36.4. The molecular formula is C6H5BClF3KN. The first-order chi connectivity index (χ1) is 5.39. The number of aryl methyl sites for hydroxylation is 1. The van der Waals surface area contributed by atoms with Crippen LogP contribution in [0.1, 0.15) is 5.69 Å². The van der Waals surface area contributed by atoms with Gasteiger partial charge in [-0.1, -0.05) is 23.7 Å². The molecule has 0 bridgehead atoms. The quantitative estimate of drug-likeness (QED) is 0.453. The van der Waals surface area contributed by atoms with Crippen molar-refractivity contribution in [2.75, 3.05) is 0 Å². The van der Waals surface area contributed by atoms with Gasteiger partial charge in [0, 0.05) is 5.69 Å². The van der Waals surface area contributed by atoms with Crippen LogP contribution in [0, 0.1) is 6.92 Å². The van der Waals surface area contributed by atoms with E-state index in [2.05, 4.69) is 4.98 Å². The van der Waals surface area contributed by atoms with Crippen LogP contribution < -0.4 is 56.8 Å². The van der Waals surface area contributed by atoms with Crippen LogP contribution in [-0.4, -0.2) is 12.0 Å². The van der Waals surface area contributed by atoms with Gasteiger partial charge in [0.2, 0.25) is 0 Å². The van der Waals surface area contributed by atoms with Gasteiger partial charge in [0.15, 0.2) is 0 Å². The van der Waals surface area contributed by atoms with Gasteiger partial charge in [0.05, 0.1) is 0 Å². The molecule has 1 heterocycles. The zero-order valence-electron chi connectivity index (χ0n) is 7.19. The minimum absolute atomic E-state index is 0. The standard InChI is InChI=1S/C6H5BClF3N.K/c1-4-2-5(7(9,10)11)3-6(8)12-4;/h2-3H,1H3;/q-1;+1. The summed E-state index contributed by atoms with van der Waals surface area (Å²) >= 11 is 5.36. The van der Waals surface area contributed by atoms with E-state index in [4.69, 9.17) is 11.6 Å². The topological polar surface area (TPSA) is 12.9 Å². The Kier molecular flexibility index (Phi) is 5.50. The van der Waals surface area contributed by atoms with E-state index >= 15 is 0 Å². The molecule has 1 aromatic heterocycles. The number of aromatic nitrogens is 1. The van der Waals surface area contributed by atoms with Crippen molar-refractivity contribution in [1.29, 1.82) is 0 Å². The van der Waals surface area contributed by atoms with Gasteiger partial charge in [0.1, 0.15) is 5.15 Å². The normalized spacial score (nSPS) is 10.8. The van der Waals surface area contributed by atoms with Gasteiger partial charge in [0.25, 0.3) is 0 Å². The number of pyridine rings is 1. The maximum atomic E-state index is 12.1. The predicted octanol–water partition coefficient (Wildman–Crippen LogP) is -0.898. The number of hydrogen-bond donors (Lipinski definition) is 0. The van der Waals surface area contributed by atoms with E-state index in [-0.39, 0.29) is 62.2 Å². The van der Waals surface area contributed by atoms with E-state index in [1.807, 2.05) is 0 Å². The Morgan fingerprint density at radius 1 is 1.31 bits per heavy atom. The Bertz CT molecular complexity index is 284. The van der Waals surface area contributed by atoms with Gasteiger partial charge >= 0.3 is 58.4 Å². The van der Waals surface area contributed by atoms with Crippen molar-refractivity contribution in [3.05, 3.63) is 23.0 Å². The molecule has 0 fully saturated rings. The minimum atomic E-state index is -4.97. The Balaban J connectivity index is 0.00000144. The molecule has 13 heavy (non-hydrogen) atoms. The van der Waals surface area contributed by atoms with E-state index in [1.54, 1.807) is 0 Å². The van der Waals surface area contributed by atoms with Crippen molar-refractivity contribution in [2.45, 2.75) is 6.92 Å². The van der Waals surface area contributed by atoms with Crippen LogP contribution in [0.25, 0.3) is 0 Å². The van der Waals surface area contributed by atoms with Gasteiger partial charge in [-0.25, -0.2) is 4.98 Å². The third-order valence-corrected chi connectivity index (χ3v) is 1.52. The third-order valence-electron chi connectivity index (χ3n) is 1.32. The molecule has 1 rings (SSSR count). The third kappa shape index (κ3) is 4.31. The first-order valence-electron chi connectivity index (χ1n) is 3.23. The zero-order chi connectivity index (χ0) is 9.35. The molecule has 0 amide bonds. The summed E-state index contributed by atoms with van der Waals surface area (Å²) in [4.78, 5) is 3.62. The maximum absolute atomic E-state index is 12.1. The molecule has 0 aliphatic carbocycles. The monoisotopic (exact) mass is 233 g/mol. The first kappa shape index (κ1) is 13.9. The smallest absolute Gasteiger partial charge is 0.445 e. The summed E-state index contributed by atoms with van der Waals surface area (Å²) in [6.45, 7) is -3.50. The predicted molar refractivity (Wildman–Crippen MR) is 42.7 cm³/mol. The molecule has 0 saturated heterocycles. The molecule has 0 aliphatic heterocycles. The van der Waals surface area contributed by atoms with Crippen LogP contribution in [0.4, 0.5) is 12.9 Å². The van der Waals surface area contributed by atoms with E-state index in [0.717, 1.165) is 12.1 Å². The second-order valence-electron chi connectivity index (χ2n) is 2.44. The Morgan fingerprint density at radius 2 is 1.85 bits per heavy atom. The van der Waals surface area contributed by atoms with Crippen LogP contribution in [-0.2, 0) is 0 Å². The molecule has 0 aliphatic rings. The number of rotatable bonds is 1. The van der Waals surface area contributed by atoms with Crippen molar-refractivity contribution >= 4 is 24.0 Å². The summed E-state index contributed by atoms with van der Waals surface area (Å²) in [6, 6.07) is 1.81. The SMILES string of the molecule is Cc1cc([B-](F)(F)F)cc(Cl)n1.[K+]. The van der Waals surface area contributed by atoms with E-state index in [0.29, 0.717) is 0 Å². The van der Waals surface area contributed by atoms with Gasteiger partial charge in [-0.2, -0.15) is 0 Å². The molecule has 0 radical (unpaired) electrons. The average Bonchev–Trinajstić information content (AvgIpc) is 1.82. The second-order valence-corrected chi connectivity index (χ2v) is 2.83. The minimum Gasteiger partial charge on any atom is -0.445 e. The molecule has 66 valence electrons. The summed E-state index contributed by atoms with van der Waals surface area (Å²) in [6.07, 6.45) is 0. The van der Waals surface area contributed by atoms with Gasteiger partial charge < -0.3 is 12.9 Å². The molecular weight excluding hydrogens is 228 g/mol. The fraction of sp³-hybridized carbons (Fsp3) is 0.167. The second kappa shape index (κ2) is 5.14. The molecule has 0 saturated carbocycles. The van der Waals surface area contributed by atoms with Crippen LogP contribution >= 0.6 is 11.6 Å². The van der Waals surface area contributed by atoms with Crippen molar-refractivity contribution in [3.8, 4) is 0 Å². The number of nitrogens with zero attached hydrogens (tertiary/aromatic N) is 1. The summed E-state index contributed by atoms with van der Waals surface area (Å²) in [7, 11) is 0. The molecule has 0 N–H and O–H groups in total. The first-order valence-corrected chi connectivity index (χ1v) is 3.61. The molecule has 0 atom stereocenters. The number of halogens is 4. The molecule has 7 heteroatoms. The van der Waals surface area contributed by atoms with Crippen molar-refractivity contribution in [2.24, 2.45) is 0 Å². The Hall–Kier alpha value is 0.931. The van der Waals surface area contributed by atoms with Gasteiger partial charge in [-0.15, -0.1) is 5.46 Å². The maximum Gasteiger partial charge on any atom is 1.00 e. The number of hydrogen-bond acceptors (Lipinski definition) is 1. The summed E-state index contributed by atoms with van der Waals surface area (Å²) in [5.41, 5.74) is -0.427. The Labute approximate surface area is 122 Å². The molecule has 1 nitrogen and oxygen atoms in total. The zero-order valence-corrected chi connectivity index (χ0v) is 11.1. The molecule has 1 aromatic rings. The van der Waals surface area contributed by atoms with Gasteiger partial charge in [-0.05, 0) is 6.92 Å². The van der Waals surface area contributed by atoms with Crippen molar-refractivity contribution < 1.29 is 64.3 Å². The van der Waals surface area contributed by atoms with Crippen molar-refractivity contribution in [1.82, 2.24) is 4.98 Å². The fourth-order valence-corrected chi connectivity index (χ4v) is 1.10. The van der Waals surface area contributed by atoms with E-state index < -0.39 is 12.4 Å². The largest absolute Gasteiger partial charge is 1.00 e. The van der Waals surface area contributed by atoms with Crippen LogP contribution in [0.15, 0.2) is 12.1 Å². The van der Waals surface area contributed by atoms with Crippen LogP contribution in [0.5, 0.6) is 0 Å². The van der Waals surface area contributed by atoms with Crippen LogP contribution in [0.3, 0.4) is 0 Å². The summed E-state index contributed by atoms with van der Waals surface area (Å²) in [5.74, 6) is 0. The summed E-state index contributed by atoms with van der Waals surface area (Å²) in [5, 5.41) is -0.121. The molecule has 0 aromatic carbocycles. The average molecular weight is 233 g/mol. The molecule has 0 spiro atoms. The molecule has 0 unspecified atom stereocenters.